The van der Waals surface area contributed by atoms with Gasteiger partial charge in [-0.2, -0.15) is 0 Å². The second kappa shape index (κ2) is 11.7. The van der Waals surface area contributed by atoms with Crippen molar-refractivity contribution in [3.8, 4) is 0 Å². The first kappa shape index (κ1) is 28.0. The number of hydrogen-bond acceptors (Lipinski definition) is 5. The van der Waals surface area contributed by atoms with E-state index in [0.717, 1.165) is 18.4 Å². The molecule has 1 aromatic rings. The lowest BCUT2D eigenvalue weighted by Gasteiger charge is -2.45. The van der Waals surface area contributed by atoms with E-state index >= 15 is 0 Å². The molecule has 0 bridgehead atoms. The Bertz CT molecular complexity index is 792. The molecular formula is C27H43BrO5Si. The minimum Gasteiger partial charge on any atom is -0.411 e. The lowest BCUT2D eigenvalue weighted by molar-refractivity contribution is -0.316. The van der Waals surface area contributed by atoms with Gasteiger partial charge >= 0.3 is 0 Å². The molecule has 1 aromatic carbocycles. The molecule has 0 saturated carbocycles. The maximum atomic E-state index is 6.95. The maximum absolute atomic E-state index is 6.95. The molecular weight excluding hydrogens is 512 g/mol. The van der Waals surface area contributed by atoms with E-state index < -0.39 is 14.1 Å². The van der Waals surface area contributed by atoms with Gasteiger partial charge in [0, 0.05) is 0 Å². The first-order valence-electron chi connectivity index (χ1n) is 12.4. The van der Waals surface area contributed by atoms with Gasteiger partial charge in [0.25, 0.3) is 0 Å². The summed E-state index contributed by atoms with van der Waals surface area (Å²) in [6, 6.07) is 10.2. The molecule has 34 heavy (non-hydrogen) atoms. The van der Waals surface area contributed by atoms with Gasteiger partial charge < -0.3 is 23.4 Å². The Balaban J connectivity index is 1.78. The summed E-state index contributed by atoms with van der Waals surface area (Å²) >= 11 is 3.92. The molecule has 0 aliphatic carbocycles. The summed E-state index contributed by atoms with van der Waals surface area (Å²) in [5, 5.41) is 0.106. The van der Waals surface area contributed by atoms with Crippen LogP contribution in [0.15, 0.2) is 42.5 Å². The average Bonchev–Trinajstić information content (AvgIpc) is 2.82. The van der Waals surface area contributed by atoms with E-state index in [-0.39, 0.29) is 34.3 Å². The van der Waals surface area contributed by atoms with Crippen LogP contribution in [0.25, 0.3) is 0 Å². The minimum absolute atomic E-state index is 0.0342. The van der Waals surface area contributed by atoms with E-state index in [1.54, 1.807) is 0 Å². The van der Waals surface area contributed by atoms with Crippen molar-refractivity contribution < 1.29 is 23.4 Å². The van der Waals surface area contributed by atoms with Gasteiger partial charge in [-0.15, -0.1) is 0 Å². The van der Waals surface area contributed by atoms with Crippen LogP contribution in [-0.4, -0.2) is 56.6 Å². The summed E-state index contributed by atoms with van der Waals surface area (Å²) in [6.45, 7) is 16.9. The zero-order valence-corrected chi connectivity index (χ0v) is 24.5. The van der Waals surface area contributed by atoms with Crippen molar-refractivity contribution in [2.24, 2.45) is 0 Å². The smallest absolute Gasteiger partial charge is 0.192 e. The predicted octanol–water partition coefficient (Wildman–Crippen LogP) is 6.61. The van der Waals surface area contributed by atoms with Crippen LogP contribution < -0.4 is 0 Å². The topological polar surface area (TPSA) is 46.2 Å². The molecule has 0 amide bonds. The fourth-order valence-electron chi connectivity index (χ4n) is 4.02. The van der Waals surface area contributed by atoms with Crippen molar-refractivity contribution in [3.63, 3.8) is 0 Å². The molecule has 2 heterocycles. The number of hydrogen-bond donors (Lipinski definition) is 0. The van der Waals surface area contributed by atoms with Crippen LogP contribution in [0.1, 0.15) is 53.0 Å². The monoisotopic (exact) mass is 554 g/mol. The Morgan fingerprint density at radius 3 is 2.44 bits per heavy atom. The van der Waals surface area contributed by atoms with Crippen molar-refractivity contribution in [2.45, 2.75) is 107 Å². The highest BCUT2D eigenvalue weighted by Crippen LogP contribution is 2.40. The zero-order valence-electron chi connectivity index (χ0n) is 21.9. The van der Waals surface area contributed by atoms with Gasteiger partial charge in [-0.05, 0) is 50.4 Å². The van der Waals surface area contributed by atoms with Crippen LogP contribution in [-0.2, 0) is 30.0 Å². The van der Waals surface area contributed by atoms with Crippen molar-refractivity contribution in [3.05, 3.63) is 48.0 Å². The van der Waals surface area contributed by atoms with Crippen LogP contribution in [0.4, 0.5) is 0 Å². The zero-order chi connectivity index (χ0) is 25.0. The number of alkyl halides is 1. The Morgan fingerprint density at radius 1 is 1.09 bits per heavy atom. The standard InChI is InChI=1S/C27H43BrO5Si/c1-26(2,3)34(6,7)33-23-16-12-11-15-22-24(19-30-27(4,5)32-22)31-25(23)21(28)18-29-17-20-13-9-8-10-14-20/h8-14,21-25H,15-19H2,1-7H3/b12-11-/t21-,22+,23+,24-,25-/m0/s1. The van der Waals surface area contributed by atoms with Crippen molar-refractivity contribution in [1.29, 1.82) is 0 Å². The highest BCUT2D eigenvalue weighted by Gasteiger charge is 2.45. The van der Waals surface area contributed by atoms with E-state index in [9.17, 15) is 0 Å². The Hall–Kier alpha value is -0.543. The van der Waals surface area contributed by atoms with E-state index in [1.807, 2.05) is 32.0 Å². The fourth-order valence-corrected chi connectivity index (χ4v) is 6.02. The number of halogens is 1. The van der Waals surface area contributed by atoms with Crippen LogP contribution >= 0.6 is 15.9 Å². The highest BCUT2D eigenvalue weighted by molar-refractivity contribution is 9.09. The van der Waals surface area contributed by atoms with Gasteiger partial charge in [0.1, 0.15) is 6.10 Å². The van der Waals surface area contributed by atoms with E-state index in [0.29, 0.717) is 19.8 Å². The Labute approximate surface area is 215 Å². The summed E-state index contributed by atoms with van der Waals surface area (Å²) in [4.78, 5) is -0.0342. The van der Waals surface area contributed by atoms with Crippen LogP contribution in [0, 0.1) is 0 Å². The largest absolute Gasteiger partial charge is 0.411 e. The van der Waals surface area contributed by atoms with Gasteiger partial charge in [0.2, 0.25) is 0 Å². The molecule has 0 spiro atoms. The molecule has 7 heteroatoms. The highest BCUT2D eigenvalue weighted by atomic mass is 79.9. The van der Waals surface area contributed by atoms with Gasteiger partial charge in [-0.3, -0.25) is 0 Å². The minimum atomic E-state index is -2.02. The van der Waals surface area contributed by atoms with E-state index in [4.69, 9.17) is 23.4 Å². The molecule has 0 radical (unpaired) electrons. The van der Waals surface area contributed by atoms with Gasteiger partial charge in [0.05, 0.1) is 43.0 Å². The fraction of sp³-hybridized carbons (Fsp3) is 0.704. The quantitative estimate of drug-likeness (QED) is 0.215. The molecule has 5 atom stereocenters. The van der Waals surface area contributed by atoms with E-state index in [2.05, 4.69) is 74.1 Å². The third kappa shape index (κ3) is 7.73. The molecule has 1 saturated heterocycles. The molecule has 1 fully saturated rings. The first-order valence-corrected chi connectivity index (χ1v) is 16.3. The third-order valence-electron chi connectivity index (χ3n) is 7.04. The summed E-state index contributed by atoms with van der Waals surface area (Å²) in [5.41, 5.74) is 1.16. The predicted molar refractivity (Wildman–Crippen MR) is 143 cm³/mol. The van der Waals surface area contributed by atoms with Crippen molar-refractivity contribution >= 4 is 24.2 Å². The molecule has 0 N–H and O–H groups in total. The maximum Gasteiger partial charge on any atom is 0.192 e. The number of ether oxygens (including phenoxy) is 4. The SMILES string of the molecule is CC1(C)OC[C@@H]2O[C@@H]([C@@H](Br)COCc3ccccc3)[C@H](O[Si](C)(C)C(C)(C)C)C/C=C\C[C@H]2O1. The molecule has 2 aliphatic rings. The van der Waals surface area contributed by atoms with Crippen LogP contribution in [0.3, 0.4) is 0 Å². The van der Waals surface area contributed by atoms with Gasteiger partial charge in [0.15, 0.2) is 14.1 Å². The number of benzene rings is 1. The first-order chi connectivity index (χ1) is 15.9. The second-order valence-electron chi connectivity index (χ2n) is 11.4. The molecule has 0 unspecified atom stereocenters. The van der Waals surface area contributed by atoms with Crippen LogP contribution in [0.5, 0.6) is 0 Å². The summed E-state index contributed by atoms with van der Waals surface area (Å²) in [5.74, 6) is -0.606. The normalized spacial score (nSPS) is 29.9. The van der Waals surface area contributed by atoms with Crippen molar-refractivity contribution in [2.75, 3.05) is 13.2 Å². The summed E-state index contributed by atoms with van der Waals surface area (Å²) < 4.78 is 32.1. The number of fused-ring (bicyclic) bond motifs is 1. The van der Waals surface area contributed by atoms with E-state index in [1.165, 1.54) is 0 Å². The Kier molecular flexibility index (Phi) is 9.62. The number of rotatable bonds is 7. The summed E-state index contributed by atoms with van der Waals surface area (Å²) in [6.07, 6.45) is 5.52. The molecule has 2 aliphatic heterocycles. The second-order valence-corrected chi connectivity index (χ2v) is 17.3. The van der Waals surface area contributed by atoms with Gasteiger partial charge in [-0.1, -0.05) is 79.2 Å². The molecule has 3 rings (SSSR count). The lowest BCUT2D eigenvalue weighted by atomic mass is 10.1. The Morgan fingerprint density at radius 2 is 1.76 bits per heavy atom. The van der Waals surface area contributed by atoms with Crippen molar-refractivity contribution in [1.82, 2.24) is 0 Å². The van der Waals surface area contributed by atoms with Crippen LogP contribution in [0.2, 0.25) is 18.1 Å². The lowest BCUT2D eigenvalue weighted by Crippen LogP contribution is -2.55. The average molecular weight is 556 g/mol. The molecule has 0 aromatic heterocycles. The molecule has 192 valence electrons. The molecule has 5 nitrogen and oxygen atoms in total. The summed E-state index contributed by atoms with van der Waals surface area (Å²) in [7, 11) is -2.02. The van der Waals surface area contributed by atoms with Gasteiger partial charge in [-0.25, -0.2) is 0 Å². The third-order valence-corrected chi connectivity index (χ3v) is 12.3.